The lowest BCUT2D eigenvalue weighted by Gasteiger charge is -2.15. The molecule has 0 atom stereocenters. The molecule has 2 rings (SSSR count). The second kappa shape index (κ2) is 10.7. The van der Waals surface area contributed by atoms with Crippen LogP contribution in [0.25, 0.3) is 0 Å². The number of nitrogens with zero attached hydrogens (tertiary/aromatic N) is 1. The molecule has 0 spiro atoms. The molecule has 0 amide bonds. The summed E-state index contributed by atoms with van der Waals surface area (Å²) in [5.41, 5.74) is 3.71. The van der Waals surface area contributed by atoms with Gasteiger partial charge >= 0.3 is 6.18 Å². The van der Waals surface area contributed by atoms with Crippen molar-refractivity contribution < 1.29 is 22.6 Å². The number of nitrogens with one attached hydrogen (secondary N) is 2. The van der Waals surface area contributed by atoms with E-state index in [0.29, 0.717) is 24.6 Å². The fraction of sp³-hybridized carbons (Fsp3) is 0.381. The van der Waals surface area contributed by atoms with E-state index in [1.165, 1.54) is 0 Å². The van der Waals surface area contributed by atoms with Gasteiger partial charge in [0.05, 0.1) is 13.7 Å². The van der Waals surface area contributed by atoms with E-state index in [0.717, 1.165) is 22.4 Å². The Kier molecular flexibility index (Phi) is 8.33. The molecule has 2 aromatic rings. The van der Waals surface area contributed by atoms with Crippen LogP contribution >= 0.6 is 0 Å². The summed E-state index contributed by atoms with van der Waals surface area (Å²) in [6.45, 7) is 1.66. The van der Waals surface area contributed by atoms with E-state index in [1.54, 1.807) is 32.4 Å². The van der Waals surface area contributed by atoms with Gasteiger partial charge in [-0.1, -0.05) is 36.4 Å². The smallest absolute Gasteiger partial charge is 0.411 e. The molecule has 0 aliphatic heterocycles. The fourth-order valence-electron chi connectivity index (χ4n) is 2.70. The minimum atomic E-state index is -4.32. The quantitative estimate of drug-likeness (QED) is 0.512. The number of benzene rings is 2. The number of aliphatic imine (C=N–C) groups is 1. The predicted octanol–water partition coefficient (Wildman–Crippen LogP) is 3.95. The van der Waals surface area contributed by atoms with Crippen molar-refractivity contribution in [3.05, 3.63) is 64.7 Å². The van der Waals surface area contributed by atoms with Gasteiger partial charge in [0, 0.05) is 25.7 Å². The molecule has 0 aliphatic rings. The van der Waals surface area contributed by atoms with Crippen LogP contribution in [0.2, 0.25) is 0 Å². The van der Waals surface area contributed by atoms with Crippen molar-refractivity contribution in [3.63, 3.8) is 0 Å². The normalized spacial score (nSPS) is 12.0. The molecular formula is C21H26F3N3O2. The summed E-state index contributed by atoms with van der Waals surface area (Å²) in [5.74, 6) is 1.41. The first-order valence-electron chi connectivity index (χ1n) is 9.11. The van der Waals surface area contributed by atoms with Gasteiger partial charge in [-0.3, -0.25) is 4.99 Å². The van der Waals surface area contributed by atoms with E-state index < -0.39 is 12.8 Å². The molecule has 0 aromatic heterocycles. The number of alkyl halides is 3. The Hall–Kier alpha value is -2.74. The SMILES string of the molecule is CN=C(NCc1cccc(COCC(F)(F)F)c1)NCc1ccc(C)cc1OC. The summed E-state index contributed by atoms with van der Waals surface area (Å²) >= 11 is 0. The summed E-state index contributed by atoms with van der Waals surface area (Å²) in [4.78, 5) is 4.19. The summed E-state index contributed by atoms with van der Waals surface area (Å²) < 4.78 is 46.7. The molecule has 0 saturated carbocycles. The van der Waals surface area contributed by atoms with E-state index in [1.807, 2.05) is 31.2 Å². The number of halogens is 3. The number of aryl methyl sites for hydroxylation is 1. The predicted molar refractivity (Wildman–Crippen MR) is 107 cm³/mol. The summed E-state index contributed by atoms with van der Waals surface area (Å²) in [5, 5.41) is 6.41. The highest BCUT2D eigenvalue weighted by Gasteiger charge is 2.27. The van der Waals surface area contributed by atoms with E-state index >= 15 is 0 Å². The first-order chi connectivity index (χ1) is 13.8. The average Bonchev–Trinajstić information content (AvgIpc) is 2.68. The van der Waals surface area contributed by atoms with Crippen LogP contribution in [-0.4, -0.2) is 32.9 Å². The number of rotatable bonds is 8. The van der Waals surface area contributed by atoms with Crippen LogP contribution in [-0.2, 0) is 24.4 Å². The van der Waals surface area contributed by atoms with Crippen molar-refractivity contribution in [2.45, 2.75) is 32.8 Å². The number of ether oxygens (including phenoxy) is 2. The number of hydrogen-bond donors (Lipinski definition) is 2. The molecule has 2 N–H and O–H groups in total. The largest absolute Gasteiger partial charge is 0.496 e. The molecule has 0 radical (unpaired) electrons. The summed E-state index contributed by atoms with van der Waals surface area (Å²) in [6.07, 6.45) is -4.32. The minimum Gasteiger partial charge on any atom is -0.496 e. The van der Waals surface area contributed by atoms with Gasteiger partial charge < -0.3 is 20.1 Å². The van der Waals surface area contributed by atoms with Gasteiger partial charge in [-0.15, -0.1) is 0 Å². The Morgan fingerprint density at radius 1 is 1.03 bits per heavy atom. The highest BCUT2D eigenvalue weighted by Crippen LogP contribution is 2.19. The standard InChI is InChI=1S/C21H26F3N3O2/c1-15-7-8-18(19(9-15)28-3)12-27-20(25-2)26-11-16-5-4-6-17(10-16)13-29-14-21(22,23)24/h4-10H,11-14H2,1-3H3,(H2,25,26,27). The zero-order valence-corrected chi connectivity index (χ0v) is 16.8. The van der Waals surface area contributed by atoms with E-state index in [2.05, 4.69) is 15.6 Å². The number of guanidine groups is 1. The Balaban J connectivity index is 1.87. The molecule has 8 heteroatoms. The first-order valence-corrected chi connectivity index (χ1v) is 9.11. The van der Waals surface area contributed by atoms with Crippen LogP contribution < -0.4 is 15.4 Å². The van der Waals surface area contributed by atoms with Crippen molar-refractivity contribution >= 4 is 5.96 Å². The molecule has 29 heavy (non-hydrogen) atoms. The molecule has 0 aliphatic carbocycles. The molecule has 5 nitrogen and oxygen atoms in total. The Labute approximate surface area is 168 Å². The van der Waals surface area contributed by atoms with Crippen LogP contribution in [0, 0.1) is 6.92 Å². The Bertz CT molecular complexity index is 823. The lowest BCUT2D eigenvalue weighted by atomic mass is 10.1. The molecule has 0 bridgehead atoms. The van der Waals surface area contributed by atoms with Crippen LogP contribution in [0.1, 0.15) is 22.3 Å². The van der Waals surface area contributed by atoms with Gasteiger partial charge in [0.25, 0.3) is 0 Å². The highest BCUT2D eigenvalue weighted by atomic mass is 19.4. The van der Waals surface area contributed by atoms with Gasteiger partial charge in [0.2, 0.25) is 0 Å². The molecule has 0 heterocycles. The lowest BCUT2D eigenvalue weighted by molar-refractivity contribution is -0.176. The van der Waals surface area contributed by atoms with Gasteiger partial charge in [0.15, 0.2) is 5.96 Å². The zero-order chi connectivity index (χ0) is 21.3. The Morgan fingerprint density at radius 2 is 1.76 bits per heavy atom. The molecular weight excluding hydrogens is 383 g/mol. The molecule has 0 fully saturated rings. The van der Waals surface area contributed by atoms with Crippen molar-refractivity contribution in [3.8, 4) is 5.75 Å². The van der Waals surface area contributed by atoms with Crippen LogP contribution in [0.15, 0.2) is 47.5 Å². The average molecular weight is 409 g/mol. The van der Waals surface area contributed by atoms with Crippen molar-refractivity contribution in [2.24, 2.45) is 4.99 Å². The van der Waals surface area contributed by atoms with Crippen LogP contribution in [0.5, 0.6) is 5.75 Å². The van der Waals surface area contributed by atoms with E-state index in [4.69, 9.17) is 9.47 Å². The molecule has 0 saturated heterocycles. The number of methoxy groups -OCH3 is 1. The van der Waals surface area contributed by atoms with E-state index in [9.17, 15) is 13.2 Å². The van der Waals surface area contributed by atoms with Crippen molar-refractivity contribution in [2.75, 3.05) is 20.8 Å². The zero-order valence-electron chi connectivity index (χ0n) is 16.8. The van der Waals surface area contributed by atoms with Crippen LogP contribution in [0.4, 0.5) is 13.2 Å². The summed E-state index contributed by atoms with van der Waals surface area (Å²) in [6, 6.07) is 13.2. The van der Waals surface area contributed by atoms with Crippen LogP contribution in [0.3, 0.4) is 0 Å². The second-order valence-corrected chi connectivity index (χ2v) is 6.52. The lowest BCUT2D eigenvalue weighted by Crippen LogP contribution is -2.36. The summed E-state index contributed by atoms with van der Waals surface area (Å²) in [7, 11) is 3.31. The minimum absolute atomic E-state index is 0.0897. The topological polar surface area (TPSA) is 54.9 Å². The fourth-order valence-corrected chi connectivity index (χ4v) is 2.70. The molecule has 0 unspecified atom stereocenters. The number of hydrogen-bond acceptors (Lipinski definition) is 3. The third-order valence-corrected chi connectivity index (χ3v) is 4.10. The maximum absolute atomic E-state index is 12.2. The van der Waals surface area contributed by atoms with Crippen molar-refractivity contribution in [1.29, 1.82) is 0 Å². The first kappa shape index (κ1) is 22.5. The third kappa shape index (κ3) is 8.03. The van der Waals surface area contributed by atoms with Gasteiger partial charge in [0.1, 0.15) is 12.4 Å². The van der Waals surface area contributed by atoms with Crippen molar-refractivity contribution in [1.82, 2.24) is 10.6 Å². The Morgan fingerprint density at radius 3 is 2.45 bits per heavy atom. The monoisotopic (exact) mass is 409 g/mol. The second-order valence-electron chi connectivity index (χ2n) is 6.52. The van der Waals surface area contributed by atoms with E-state index in [-0.39, 0.29) is 6.61 Å². The van der Waals surface area contributed by atoms with Gasteiger partial charge in [-0.2, -0.15) is 13.2 Å². The molecule has 2 aromatic carbocycles. The maximum Gasteiger partial charge on any atom is 0.411 e. The maximum atomic E-state index is 12.2. The highest BCUT2D eigenvalue weighted by molar-refractivity contribution is 5.79. The van der Waals surface area contributed by atoms with Gasteiger partial charge in [-0.05, 0) is 29.7 Å². The third-order valence-electron chi connectivity index (χ3n) is 4.10. The molecule has 158 valence electrons. The van der Waals surface area contributed by atoms with Gasteiger partial charge in [-0.25, -0.2) is 0 Å².